The van der Waals surface area contributed by atoms with Gasteiger partial charge in [-0.1, -0.05) is 22.0 Å². The highest BCUT2D eigenvalue weighted by Gasteiger charge is 2.60. The maximum absolute atomic E-state index is 6.60. The summed E-state index contributed by atoms with van der Waals surface area (Å²) in [5.74, 6) is 3.58. The van der Waals surface area contributed by atoms with Crippen LogP contribution in [0.1, 0.15) is 18.4 Å². The molecule has 1 saturated carbocycles. The molecule has 4 unspecified atom stereocenters. The second-order valence-corrected chi connectivity index (χ2v) is 7.75. The van der Waals surface area contributed by atoms with Gasteiger partial charge in [-0.2, -0.15) is 0 Å². The Kier molecular flexibility index (Phi) is 2.09. The fourth-order valence-corrected chi connectivity index (χ4v) is 5.72. The molecule has 1 aliphatic carbocycles. The van der Waals surface area contributed by atoms with E-state index in [9.17, 15) is 0 Å². The van der Waals surface area contributed by atoms with Crippen LogP contribution in [0.2, 0.25) is 0 Å². The Morgan fingerprint density at radius 3 is 2.63 bits per heavy atom. The zero-order chi connectivity index (χ0) is 12.6. The highest BCUT2D eigenvalue weighted by Crippen LogP contribution is 2.56. The van der Waals surface area contributed by atoms with E-state index in [2.05, 4.69) is 39.0 Å². The van der Waals surface area contributed by atoms with Crippen molar-refractivity contribution < 1.29 is 4.74 Å². The molecule has 1 aromatic rings. The van der Waals surface area contributed by atoms with E-state index in [0.717, 1.165) is 29.9 Å². The van der Waals surface area contributed by atoms with Crippen molar-refractivity contribution in [2.45, 2.75) is 24.9 Å². The lowest BCUT2D eigenvalue weighted by atomic mass is 9.58. The number of piperidine rings is 3. The smallest absolute Gasteiger partial charge is 0.124 e. The minimum Gasteiger partial charge on any atom is -0.486 e. The van der Waals surface area contributed by atoms with E-state index in [1.807, 2.05) is 0 Å². The van der Waals surface area contributed by atoms with E-state index in [-0.39, 0.29) is 5.60 Å². The standard InChI is InChI=1S/C16H18BrNO/c17-14-2-1-3-15-13(14)6-16(19-15)11-4-10-5-12(16)9-18(7-10)8-11/h1-3,10-12H,4-9H2/t10?,11-,12?,16?/m1/s1. The Hall–Kier alpha value is -0.540. The molecule has 4 bridgehead atoms. The van der Waals surface area contributed by atoms with Crippen LogP contribution < -0.4 is 4.74 Å². The van der Waals surface area contributed by atoms with Crippen LogP contribution in [-0.2, 0) is 6.42 Å². The van der Waals surface area contributed by atoms with Gasteiger partial charge in [0.25, 0.3) is 0 Å². The summed E-state index contributed by atoms with van der Waals surface area (Å²) in [6, 6.07) is 6.41. The first-order chi connectivity index (χ1) is 9.24. The molecule has 6 rings (SSSR count). The average Bonchev–Trinajstić information content (AvgIpc) is 2.77. The molecule has 100 valence electrons. The molecule has 5 aliphatic rings. The fraction of sp³-hybridized carbons (Fsp3) is 0.625. The number of hydrogen-bond donors (Lipinski definition) is 0. The number of rotatable bonds is 0. The Bertz CT molecular complexity index is 528. The molecule has 2 nitrogen and oxygen atoms in total. The third-order valence-electron chi connectivity index (χ3n) is 5.92. The summed E-state index contributed by atoms with van der Waals surface area (Å²) in [5.41, 5.74) is 1.53. The molecule has 4 fully saturated rings. The van der Waals surface area contributed by atoms with Gasteiger partial charge >= 0.3 is 0 Å². The summed E-state index contributed by atoms with van der Waals surface area (Å²) in [7, 11) is 0. The van der Waals surface area contributed by atoms with Gasteiger partial charge < -0.3 is 9.64 Å². The fourth-order valence-electron chi connectivity index (χ4n) is 5.23. The lowest BCUT2D eigenvalue weighted by Gasteiger charge is -2.60. The van der Waals surface area contributed by atoms with Crippen LogP contribution in [0.5, 0.6) is 5.75 Å². The minimum absolute atomic E-state index is 0.125. The van der Waals surface area contributed by atoms with E-state index < -0.39 is 0 Å². The van der Waals surface area contributed by atoms with Crippen LogP contribution in [0.15, 0.2) is 22.7 Å². The zero-order valence-electron chi connectivity index (χ0n) is 10.9. The lowest BCUT2D eigenvalue weighted by molar-refractivity contribution is -0.158. The first kappa shape index (κ1) is 11.2. The predicted octanol–water partition coefficient (Wildman–Crippen LogP) is 3.09. The molecule has 1 aromatic carbocycles. The van der Waals surface area contributed by atoms with Crippen molar-refractivity contribution in [2.75, 3.05) is 19.6 Å². The zero-order valence-corrected chi connectivity index (χ0v) is 12.5. The van der Waals surface area contributed by atoms with Crippen molar-refractivity contribution in [1.82, 2.24) is 4.90 Å². The quantitative estimate of drug-likeness (QED) is 0.728. The third kappa shape index (κ3) is 1.36. The van der Waals surface area contributed by atoms with Crippen molar-refractivity contribution in [1.29, 1.82) is 0 Å². The molecule has 3 heteroatoms. The molecular weight excluding hydrogens is 302 g/mol. The van der Waals surface area contributed by atoms with Gasteiger partial charge in [-0.3, -0.25) is 0 Å². The Labute approximate surface area is 122 Å². The number of ether oxygens (including phenoxy) is 1. The van der Waals surface area contributed by atoms with Gasteiger partial charge in [-0.25, -0.2) is 0 Å². The van der Waals surface area contributed by atoms with Gasteiger partial charge in [0.05, 0.1) is 0 Å². The molecule has 0 N–H and O–H groups in total. The van der Waals surface area contributed by atoms with Crippen LogP contribution in [0.3, 0.4) is 0 Å². The van der Waals surface area contributed by atoms with E-state index in [1.165, 1.54) is 42.5 Å². The first-order valence-electron chi connectivity index (χ1n) is 7.43. The Balaban J connectivity index is 1.59. The van der Waals surface area contributed by atoms with E-state index >= 15 is 0 Å². The summed E-state index contributed by atoms with van der Waals surface area (Å²) in [6.07, 6.45) is 3.90. The molecule has 0 aromatic heterocycles. The van der Waals surface area contributed by atoms with Gasteiger partial charge in [0, 0.05) is 47.9 Å². The van der Waals surface area contributed by atoms with Crippen molar-refractivity contribution in [3.8, 4) is 5.75 Å². The number of benzene rings is 1. The number of nitrogens with zero attached hydrogens (tertiary/aromatic N) is 1. The molecule has 0 amide bonds. The van der Waals surface area contributed by atoms with Crippen molar-refractivity contribution in [3.05, 3.63) is 28.2 Å². The van der Waals surface area contributed by atoms with Gasteiger partial charge in [-0.05, 0) is 30.9 Å². The van der Waals surface area contributed by atoms with Crippen LogP contribution in [0.25, 0.3) is 0 Å². The van der Waals surface area contributed by atoms with E-state index in [4.69, 9.17) is 4.74 Å². The number of hydrogen-bond acceptors (Lipinski definition) is 2. The second-order valence-electron chi connectivity index (χ2n) is 6.90. The van der Waals surface area contributed by atoms with Gasteiger partial charge in [-0.15, -0.1) is 0 Å². The molecular formula is C16H18BrNO. The SMILES string of the molecule is Brc1cccc2c1CC1(O2)C2CC3C[C@@H]1CN(C3)C2. The third-order valence-corrected chi connectivity index (χ3v) is 6.66. The highest BCUT2D eigenvalue weighted by molar-refractivity contribution is 9.10. The molecule has 1 spiro atoms. The van der Waals surface area contributed by atoms with Crippen molar-refractivity contribution >= 4 is 15.9 Å². The monoisotopic (exact) mass is 319 g/mol. The molecule has 4 aliphatic heterocycles. The van der Waals surface area contributed by atoms with Crippen LogP contribution >= 0.6 is 15.9 Å². The Morgan fingerprint density at radius 1 is 1.16 bits per heavy atom. The summed E-state index contributed by atoms with van der Waals surface area (Å²) in [5, 5.41) is 0. The van der Waals surface area contributed by atoms with Gasteiger partial charge in [0.1, 0.15) is 11.4 Å². The minimum atomic E-state index is 0.125. The van der Waals surface area contributed by atoms with E-state index in [1.54, 1.807) is 0 Å². The second kappa shape index (κ2) is 3.56. The largest absolute Gasteiger partial charge is 0.486 e. The van der Waals surface area contributed by atoms with Crippen LogP contribution in [0, 0.1) is 17.8 Å². The maximum atomic E-state index is 6.60. The molecule has 3 saturated heterocycles. The highest BCUT2D eigenvalue weighted by atomic mass is 79.9. The summed E-state index contributed by atoms with van der Waals surface area (Å²) >= 11 is 3.71. The summed E-state index contributed by atoms with van der Waals surface area (Å²) < 4.78 is 7.83. The number of fused-ring (bicyclic) bond motifs is 1. The maximum Gasteiger partial charge on any atom is 0.124 e. The van der Waals surface area contributed by atoms with Crippen molar-refractivity contribution in [3.63, 3.8) is 0 Å². The normalized spacial score (nSPS) is 45.5. The van der Waals surface area contributed by atoms with Gasteiger partial charge in [0.15, 0.2) is 0 Å². The first-order valence-corrected chi connectivity index (χ1v) is 8.23. The molecule has 5 atom stereocenters. The average molecular weight is 320 g/mol. The number of halogens is 1. The van der Waals surface area contributed by atoms with Crippen LogP contribution in [-0.4, -0.2) is 30.1 Å². The topological polar surface area (TPSA) is 12.5 Å². The van der Waals surface area contributed by atoms with Crippen molar-refractivity contribution in [2.24, 2.45) is 17.8 Å². The molecule has 19 heavy (non-hydrogen) atoms. The molecule has 4 heterocycles. The van der Waals surface area contributed by atoms with Crippen LogP contribution in [0.4, 0.5) is 0 Å². The summed E-state index contributed by atoms with van der Waals surface area (Å²) in [4.78, 5) is 2.68. The lowest BCUT2D eigenvalue weighted by Crippen LogP contribution is -2.68. The molecule has 0 radical (unpaired) electrons. The predicted molar refractivity (Wildman–Crippen MR) is 77.3 cm³/mol. The van der Waals surface area contributed by atoms with Gasteiger partial charge in [0.2, 0.25) is 0 Å². The Morgan fingerprint density at radius 2 is 1.95 bits per heavy atom. The van der Waals surface area contributed by atoms with E-state index in [0.29, 0.717) is 0 Å². The summed E-state index contributed by atoms with van der Waals surface area (Å²) in [6.45, 7) is 3.87.